The Labute approximate surface area is 120 Å². The molecule has 1 amide bonds. The van der Waals surface area contributed by atoms with Gasteiger partial charge in [-0.1, -0.05) is 19.1 Å². The summed E-state index contributed by atoms with van der Waals surface area (Å²) < 4.78 is 0. The Morgan fingerprint density at radius 3 is 2.74 bits per heavy atom. The SMILES string of the molecule is CSC(C)CCNC(C)c1cccc(NC(C)=O)c1. The van der Waals surface area contributed by atoms with Gasteiger partial charge in [0, 0.05) is 23.9 Å². The summed E-state index contributed by atoms with van der Waals surface area (Å²) in [5, 5.41) is 7.02. The summed E-state index contributed by atoms with van der Waals surface area (Å²) in [4.78, 5) is 11.0. The minimum absolute atomic E-state index is 0.0356. The fourth-order valence-corrected chi connectivity index (χ4v) is 2.18. The summed E-state index contributed by atoms with van der Waals surface area (Å²) in [6.45, 7) is 6.93. The van der Waals surface area contributed by atoms with Crippen LogP contribution in [0.15, 0.2) is 24.3 Å². The lowest BCUT2D eigenvalue weighted by Gasteiger charge is -2.16. The highest BCUT2D eigenvalue weighted by Crippen LogP contribution is 2.18. The van der Waals surface area contributed by atoms with Gasteiger partial charge in [-0.3, -0.25) is 4.79 Å². The zero-order valence-corrected chi connectivity index (χ0v) is 13.0. The maximum absolute atomic E-state index is 11.0. The van der Waals surface area contributed by atoms with Crippen LogP contribution in [0.2, 0.25) is 0 Å². The van der Waals surface area contributed by atoms with Crippen LogP contribution in [0, 0.1) is 0 Å². The van der Waals surface area contributed by atoms with Gasteiger partial charge in [0.2, 0.25) is 5.91 Å². The quantitative estimate of drug-likeness (QED) is 0.804. The highest BCUT2D eigenvalue weighted by Gasteiger charge is 2.07. The van der Waals surface area contributed by atoms with Crippen LogP contribution < -0.4 is 10.6 Å². The molecule has 0 aliphatic carbocycles. The third-order valence-corrected chi connectivity index (χ3v) is 4.15. The lowest BCUT2D eigenvalue weighted by Crippen LogP contribution is -2.22. The van der Waals surface area contributed by atoms with Crippen molar-refractivity contribution in [2.75, 3.05) is 18.1 Å². The fourth-order valence-electron chi connectivity index (χ4n) is 1.83. The van der Waals surface area contributed by atoms with Crippen LogP contribution >= 0.6 is 11.8 Å². The van der Waals surface area contributed by atoms with E-state index in [4.69, 9.17) is 0 Å². The molecule has 0 saturated heterocycles. The summed E-state index contributed by atoms with van der Waals surface area (Å²) in [7, 11) is 0. The van der Waals surface area contributed by atoms with Gasteiger partial charge in [0.15, 0.2) is 0 Å². The Kier molecular flexibility index (Phi) is 6.95. The lowest BCUT2D eigenvalue weighted by atomic mass is 10.1. The smallest absolute Gasteiger partial charge is 0.221 e. The zero-order chi connectivity index (χ0) is 14.3. The number of nitrogens with one attached hydrogen (secondary N) is 2. The second-order valence-electron chi connectivity index (χ2n) is 4.82. The van der Waals surface area contributed by atoms with Crippen LogP contribution in [-0.4, -0.2) is 24.0 Å². The molecule has 0 radical (unpaired) electrons. The van der Waals surface area contributed by atoms with Crippen molar-refractivity contribution in [3.63, 3.8) is 0 Å². The van der Waals surface area contributed by atoms with Crippen molar-refractivity contribution in [3.8, 4) is 0 Å². The van der Waals surface area contributed by atoms with Gasteiger partial charge in [0.25, 0.3) is 0 Å². The van der Waals surface area contributed by atoms with E-state index in [1.165, 1.54) is 12.5 Å². The van der Waals surface area contributed by atoms with Crippen LogP contribution in [-0.2, 0) is 4.79 Å². The number of amides is 1. The molecule has 1 rings (SSSR count). The molecule has 1 aromatic rings. The van der Waals surface area contributed by atoms with Crippen molar-refractivity contribution in [2.45, 2.75) is 38.5 Å². The van der Waals surface area contributed by atoms with E-state index in [9.17, 15) is 4.79 Å². The number of thioether (sulfide) groups is 1. The molecule has 0 bridgehead atoms. The Balaban J connectivity index is 2.51. The minimum atomic E-state index is -0.0356. The van der Waals surface area contributed by atoms with Gasteiger partial charge in [-0.15, -0.1) is 0 Å². The van der Waals surface area contributed by atoms with Gasteiger partial charge in [0.05, 0.1) is 0 Å². The van der Waals surface area contributed by atoms with Gasteiger partial charge in [0.1, 0.15) is 0 Å². The van der Waals surface area contributed by atoms with E-state index in [2.05, 4.69) is 36.8 Å². The lowest BCUT2D eigenvalue weighted by molar-refractivity contribution is -0.114. The Morgan fingerprint density at radius 1 is 1.37 bits per heavy atom. The topological polar surface area (TPSA) is 41.1 Å². The number of hydrogen-bond donors (Lipinski definition) is 2. The normalized spacial score (nSPS) is 13.9. The van der Waals surface area contributed by atoms with Crippen molar-refractivity contribution in [2.24, 2.45) is 0 Å². The molecular weight excluding hydrogens is 256 g/mol. The molecule has 0 aromatic heterocycles. The standard InChI is InChI=1S/C15H24N2OS/c1-11(19-4)8-9-16-12(2)14-6-5-7-15(10-14)17-13(3)18/h5-7,10-12,16H,8-9H2,1-4H3,(H,17,18). The molecule has 1 aromatic carbocycles. The number of carbonyl (C=O) groups is 1. The van der Waals surface area contributed by atoms with E-state index in [1.807, 2.05) is 30.0 Å². The number of benzene rings is 1. The molecule has 19 heavy (non-hydrogen) atoms. The van der Waals surface area contributed by atoms with Crippen molar-refractivity contribution in [1.82, 2.24) is 5.32 Å². The molecular formula is C15H24N2OS. The van der Waals surface area contributed by atoms with Crippen LogP contribution in [0.3, 0.4) is 0 Å². The summed E-state index contributed by atoms with van der Waals surface area (Å²) in [5.74, 6) is -0.0356. The van der Waals surface area contributed by atoms with Crippen molar-refractivity contribution in [3.05, 3.63) is 29.8 Å². The molecule has 0 fully saturated rings. The maximum Gasteiger partial charge on any atom is 0.221 e. The van der Waals surface area contributed by atoms with E-state index >= 15 is 0 Å². The van der Waals surface area contributed by atoms with Gasteiger partial charge in [-0.2, -0.15) is 11.8 Å². The monoisotopic (exact) mass is 280 g/mol. The van der Waals surface area contributed by atoms with Crippen molar-refractivity contribution < 1.29 is 4.79 Å². The van der Waals surface area contributed by atoms with Crippen LogP contribution in [0.4, 0.5) is 5.69 Å². The Bertz CT molecular complexity index is 409. The molecule has 0 heterocycles. The first-order chi connectivity index (χ1) is 9.02. The second-order valence-corrected chi connectivity index (χ2v) is 6.09. The van der Waals surface area contributed by atoms with Crippen LogP contribution in [0.5, 0.6) is 0 Å². The number of rotatable bonds is 7. The first-order valence-corrected chi connectivity index (χ1v) is 7.95. The molecule has 2 atom stereocenters. The largest absolute Gasteiger partial charge is 0.326 e. The van der Waals surface area contributed by atoms with E-state index in [-0.39, 0.29) is 5.91 Å². The number of carbonyl (C=O) groups excluding carboxylic acids is 1. The van der Waals surface area contributed by atoms with Crippen LogP contribution in [0.25, 0.3) is 0 Å². The minimum Gasteiger partial charge on any atom is -0.326 e. The van der Waals surface area contributed by atoms with Crippen molar-refractivity contribution in [1.29, 1.82) is 0 Å². The summed E-state index contributed by atoms with van der Waals surface area (Å²) >= 11 is 1.89. The van der Waals surface area contributed by atoms with E-state index in [1.54, 1.807) is 0 Å². The third-order valence-electron chi connectivity index (χ3n) is 3.11. The van der Waals surface area contributed by atoms with Crippen molar-refractivity contribution >= 4 is 23.4 Å². The fraction of sp³-hybridized carbons (Fsp3) is 0.533. The third kappa shape index (κ3) is 6.12. The average molecular weight is 280 g/mol. The summed E-state index contributed by atoms with van der Waals surface area (Å²) in [5.41, 5.74) is 2.05. The molecule has 0 aliphatic heterocycles. The van der Waals surface area contributed by atoms with Gasteiger partial charge >= 0.3 is 0 Å². The first kappa shape index (κ1) is 16.1. The maximum atomic E-state index is 11.0. The molecule has 0 saturated carbocycles. The van der Waals surface area contributed by atoms with Gasteiger partial charge < -0.3 is 10.6 Å². The molecule has 3 nitrogen and oxygen atoms in total. The molecule has 0 aliphatic rings. The van der Waals surface area contributed by atoms with E-state index in [0.717, 1.165) is 18.7 Å². The highest BCUT2D eigenvalue weighted by atomic mass is 32.2. The number of hydrogen-bond acceptors (Lipinski definition) is 3. The average Bonchev–Trinajstić information content (AvgIpc) is 2.37. The van der Waals surface area contributed by atoms with E-state index < -0.39 is 0 Å². The predicted molar refractivity (Wildman–Crippen MR) is 84.8 cm³/mol. The van der Waals surface area contributed by atoms with Gasteiger partial charge in [-0.25, -0.2) is 0 Å². The summed E-state index contributed by atoms with van der Waals surface area (Å²) in [6.07, 6.45) is 3.31. The molecule has 106 valence electrons. The summed E-state index contributed by atoms with van der Waals surface area (Å²) in [6, 6.07) is 8.29. The number of anilines is 1. The molecule has 4 heteroatoms. The Morgan fingerprint density at radius 2 is 2.11 bits per heavy atom. The predicted octanol–water partition coefficient (Wildman–Crippen LogP) is 3.44. The molecule has 0 spiro atoms. The van der Waals surface area contributed by atoms with Gasteiger partial charge in [-0.05, 0) is 43.8 Å². The molecule has 2 N–H and O–H groups in total. The first-order valence-electron chi connectivity index (χ1n) is 6.66. The molecule has 2 unspecified atom stereocenters. The van der Waals surface area contributed by atoms with E-state index in [0.29, 0.717) is 11.3 Å². The van der Waals surface area contributed by atoms with Crippen LogP contribution in [0.1, 0.15) is 38.8 Å². The Hall–Kier alpha value is -1.00. The second kappa shape index (κ2) is 8.23. The highest BCUT2D eigenvalue weighted by molar-refractivity contribution is 7.99. The zero-order valence-electron chi connectivity index (χ0n) is 12.2.